The Morgan fingerprint density at radius 3 is 0.667 bits per heavy atom. The van der Waals surface area contributed by atoms with Crippen molar-refractivity contribution in [2.75, 3.05) is 0 Å². The zero-order valence-corrected chi connectivity index (χ0v) is 15.0. The third-order valence-corrected chi connectivity index (χ3v) is 7.10. The van der Waals surface area contributed by atoms with E-state index in [0.717, 1.165) is 0 Å². The molecule has 0 aromatic rings. The minimum atomic E-state index is -7.41. The molecule has 0 rings (SSSR count). The van der Waals surface area contributed by atoms with Crippen molar-refractivity contribution >= 4 is 17.6 Å². The van der Waals surface area contributed by atoms with Gasteiger partial charge in [-0.2, -0.15) is 35.1 Å². The predicted molar refractivity (Wildman–Crippen MR) is 67.4 cm³/mol. The van der Waals surface area contributed by atoms with Crippen molar-refractivity contribution in [1.82, 2.24) is 0 Å². The first kappa shape index (κ1) is 23.6. The molecule has 14 heteroatoms. The van der Waals surface area contributed by atoms with Crippen molar-refractivity contribution < 1.29 is 52.7 Å². The molecule has 0 aliphatic rings. The van der Waals surface area contributed by atoms with E-state index in [1.807, 2.05) is 0 Å². The van der Waals surface area contributed by atoms with Crippen LogP contribution in [0.25, 0.3) is 0 Å². The Morgan fingerprint density at radius 1 is 0.375 bits per heavy atom. The smallest absolute Gasteiger partial charge is 0.205 e. The van der Waals surface area contributed by atoms with Crippen LogP contribution in [0.3, 0.4) is 0 Å². The van der Waals surface area contributed by atoms with Crippen molar-refractivity contribution in [3.63, 3.8) is 0 Å². The standard InChI is InChI=1S/C10H14F12Si2/c1-23(2)9(19,20)7(15,16)5(11,12)6(13,14)8(17,18)10(21,22)24(3)4/h23-24H,1-4H3. The quantitative estimate of drug-likeness (QED) is 0.410. The first-order valence-electron chi connectivity index (χ1n) is 6.40. The molecule has 0 unspecified atom stereocenters. The lowest BCUT2D eigenvalue weighted by Crippen LogP contribution is -2.73. The maximum absolute atomic E-state index is 13.4. The average Bonchev–Trinajstić information content (AvgIpc) is 2.36. The summed E-state index contributed by atoms with van der Waals surface area (Å²) < 4.78 is 160. The van der Waals surface area contributed by atoms with Gasteiger partial charge in [0.15, 0.2) is 0 Å². The lowest BCUT2D eigenvalue weighted by atomic mass is 9.98. The fourth-order valence-corrected chi connectivity index (χ4v) is 3.35. The van der Waals surface area contributed by atoms with Gasteiger partial charge in [0.25, 0.3) is 11.1 Å². The summed E-state index contributed by atoms with van der Waals surface area (Å²) in [5, 5.41) is 0. The van der Waals surface area contributed by atoms with E-state index in [2.05, 4.69) is 0 Å². The van der Waals surface area contributed by atoms with Gasteiger partial charge in [0.05, 0.1) is 0 Å². The minimum absolute atomic E-state index is 0.385. The van der Waals surface area contributed by atoms with Crippen molar-refractivity contribution in [3.05, 3.63) is 0 Å². The van der Waals surface area contributed by atoms with Crippen molar-refractivity contribution in [2.45, 2.75) is 61.0 Å². The summed E-state index contributed by atoms with van der Waals surface area (Å²) in [5.41, 5.74) is -11.4. The molecular weight excluding hydrogens is 404 g/mol. The maximum Gasteiger partial charge on any atom is 0.384 e. The molecule has 0 bridgehead atoms. The SMILES string of the molecule is C[SiH](C)C(F)(F)C(F)(F)C(F)(F)C(F)(F)C(F)(F)C(F)(F)[SiH](C)C. The molecule has 0 fully saturated rings. The highest BCUT2D eigenvalue weighted by atomic mass is 28.3. The molecular formula is C10H14F12Si2. The van der Waals surface area contributed by atoms with E-state index in [-0.39, 0.29) is 0 Å². The van der Waals surface area contributed by atoms with E-state index in [1.165, 1.54) is 0 Å². The Kier molecular flexibility index (Phi) is 5.99. The third-order valence-electron chi connectivity index (χ3n) is 3.47. The average molecular weight is 418 g/mol. The van der Waals surface area contributed by atoms with E-state index in [9.17, 15) is 52.7 Å². The summed E-state index contributed by atoms with van der Waals surface area (Å²) in [4.78, 5) is 0. The van der Waals surface area contributed by atoms with Crippen LogP contribution in [0.1, 0.15) is 0 Å². The second-order valence-corrected chi connectivity index (χ2v) is 11.9. The molecule has 0 saturated carbocycles. The van der Waals surface area contributed by atoms with E-state index in [4.69, 9.17) is 0 Å². The van der Waals surface area contributed by atoms with Crippen LogP contribution in [0.2, 0.25) is 26.2 Å². The third kappa shape index (κ3) is 2.86. The predicted octanol–water partition coefficient (Wildman–Crippen LogP) is 4.85. The normalized spacial score (nSPS) is 16.2. The van der Waals surface area contributed by atoms with Crippen LogP contribution in [0.5, 0.6) is 0 Å². The van der Waals surface area contributed by atoms with Crippen LogP contribution in [0.4, 0.5) is 52.7 Å². The zero-order chi connectivity index (χ0) is 20.2. The fraction of sp³-hybridized carbons (Fsp3) is 1.00. The van der Waals surface area contributed by atoms with Gasteiger partial charge in [0.1, 0.15) is 17.6 Å². The summed E-state index contributed by atoms with van der Waals surface area (Å²) >= 11 is 0. The largest absolute Gasteiger partial charge is 0.384 e. The molecule has 146 valence electrons. The topological polar surface area (TPSA) is 0 Å². The Labute approximate surface area is 132 Å². The number of hydrogen-bond donors (Lipinski definition) is 0. The zero-order valence-electron chi connectivity index (χ0n) is 12.7. The molecule has 0 heterocycles. The van der Waals surface area contributed by atoms with Crippen LogP contribution < -0.4 is 0 Å². The maximum atomic E-state index is 13.4. The van der Waals surface area contributed by atoms with Gasteiger partial charge in [-0.3, -0.25) is 0 Å². The van der Waals surface area contributed by atoms with Crippen LogP contribution in [0.15, 0.2) is 0 Å². The molecule has 0 nitrogen and oxygen atoms in total. The van der Waals surface area contributed by atoms with Crippen molar-refractivity contribution in [2.24, 2.45) is 0 Å². The number of hydrogen-bond acceptors (Lipinski definition) is 0. The van der Waals surface area contributed by atoms with E-state index >= 15 is 0 Å². The van der Waals surface area contributed by atoms with Crippen LogP contribution >= 0.6 is 0 Å². The molecule has 0 saturated heterocycles. The Bertz CT molecular complexity index is 415. The molecule has 0 atom stereocenters. The van der Waals surface area contributed by atoms with Crippen LogP contribution in [-0.2, 0) is 0 Å². The molecule has 0 aromatic heterocycles. The van der Waals surface area contributed by atoms with Gasteiger partial charge in [-0.05, 0) is 0 Å². The Balaban J connectivity index is 6.38. The second-order valence-electron chi connectivity index (χ2n) is 5.85. The summed E-state index contributed by atoms with van der Waals surface area (Å²) in [7, 11) is -8.22. The monoisotopic (exact) mass is 418 g/mol. The fourth-order valence-electron chi connectivity index (χ4n) is 1.54. The second kappa shape index (κ2) is 6.09. The minimum Gasteiger partial charge on any atom is -0.205 e. The van der Waals surface area contributed by atoms with Crippen LogP contribution in [0, 0.1) is 0 Å². The molecule has 0 aliphatic heterocycles. The van der Waals surface area contributed by atoms with Gasteiger partial charge in [-0.1, -0.05) is 26.2 Å². The molecule has 0 spiro atoms. The molecule has 0 N–H and O–H groups in total. The van der Waals surface area contributed by atoms with Gasteiger partial charge in [0, 0.05) is 0 Å². The van der Waals surface area contributed by atoms with Crippen molar-refractivity contribution in [1.29, 1.82) is 0 Å². The summed E-state index contributed by atoms with van der Waals surface area (Å²) in [6, 6.07) is 0. The highest BCUT2D eigenvalue weighted by Gasteiger charge is 2.90. The number of alkyl halides is 12. The Morgan fingerprint density at radius 2 is 0.542 bits per heavy atom. The van der Waals surface area contributed by atoms with Gasteiger partial charge < -0.3 is 0 Å². The van der Waals surface area contributed by atoms with Crippen LogP contribution in [-0.4, -0.2) is 52.4 Å². The van der Waals surface area contributed by atoms with E-state index in [0.29, 0.717) is 26.2 Å². The first-order chi connectivity index (χ1) is 10.1. The number of halogens is 12. The highest BCUT2D eigenvalue weighted by molar-refractivity contribution is 6.59. The first-order valence-corrected chi connectivity index (χ1v) is 12.2. The molecule has 24 heavy (non-hydrogen) atoms. The Hall–Kier alpha value is -0.406. The van der Waals surface area contributed by atoms with E-state index in [1.54, 1.807) is 0 Å². The lowest BCUT2D eigenvalue weighted by Gasteiger charge is -2.42. The molecule has 0 amide bonds. The summed E-state index contributed by atoms with van der Waals surface area (Å²) in [5.74, 6) is -28.7. The van der Waals surface area contributed by atoms with Gasteiger partial charge in [0.2, 0.25) is 0 Å². The number of rotatable bonds is 7. The summed E-state index contributed by atoms with van der Waals surface area (Å²) in [6.45, 7) is 1.54. The van der Waals surface area contributed by atoms with Gasteiger partial charge >= 0.3 is 23.7 Å². The van der Waals surface area contributed by atoms with E-state index < -0.39 is 52.4 Å². The van der Waals surface area contributed by atoms with Gasteiger partial charge in [-0.25, -0.2) is 17.6 Å². The van der Waals surface area contributed by atoms with Gasteiger partial charge in [-0.15, -0.1) is 0 Å². The lowest BCUT2D eigenvalue weighted by molar-refractivity contribution is -0.409. The van der Waals surface area contributed by atoms with Crippen molar-refractivity contribution in [3.8, 4) is 0 Å². The molecule has 0 aliphatic carbocycles. The molecule has 0 aromatic carbocycles. The summed E-state index contributed by atoms with van der Waals surface area (Å²) in [6.07, 6.45) is 0. The highest BCUT2D eigenvalue weighted by Crippen LogP contribution is 2.60. The molecule has 0 radical (unpaired) electrons.